The second-order valence-electron chi connectivity index (χ2n) is 4.17. The van der Waals surface area contributed by atoms with E-state index in [2.05, 4.69) is 4.98 Å². The molecule has 0 radical (unpaired) electrons. The zero-order valence-electron chi connectivity index (χ0n) is 8.40. The molecule has 1 aliphatic rings. The minimum atomic E-state index is -2.55. The lowest BCUT2D eigenvalue weighted by molar-refractivity contribution is -0.0892. The van der Waals surface area contributed by atoms with E-state index >= 15 is 0 Å². The summed E-state index contributed by atoms with van der Waals surface area (Å²) in [7, 11) is 0. The highest BCUT2D eigenvalue weighted by atomic mass is 19.3. The smallest absolute Gasteiger partial charge is 0.319 e. The van der Waals surface area contributed by atoms with Gasteiger partial charge in [-0.1, -0.05) is 0 Å². The van der Waals surface area contributed by atoms with Crippen LogP contribution in [-0.2, 0) is 6.54 Å². The number of hydrogen-bond donors (Lipinski definition) is 1. The summed E-state index contributed by atoms with van der Waals surface area (Å²) in [6.45, 7) is 0.534. The Bertz CT molecular complexity index is 343. The number of likely N-dealkylation sites (tertiary alicyclic amines) is 1. The van der Waals surface area contributed by atoms with E-state index in [1.807, 2.05) is 4.90 Å². The fraction of sp³-hybridized carbons (Fsp3) is 0.667. The van der Waals surface area contributed by atoms with Gasteiger partial charge in [-0.2, -0.15) is 8.78 Å². The Kier molecular flexibility index (Phi) is 2.47. The van der Waals surface area contributed by atoms with Gasteiger partial charge in [0.15, 0.2) is 0 Å². The van der Waals surface area contributed by atoms with E-state index in [-0.39, 0.29) is 0 Å². The van der Waals surface area contributed by atoms with Gasteiger partial charge in [-0.3, -0.25) is 9.47 Å². The average Bonchev–Trinajstić information content (AvgIpc) is 2.48. The predicted octanol–water partition coefficient (Wildman–Crippen LogP) is 0.845. The first-order valence-corrected chi connectivity index (χ1v) is 4.72. The molecule has 0 aromatic carbocycles. The third kappa shape index (κ3) is 2.15. The van der Waals surface area contributed by atoms with Gasteiger partial charge < -0.3 is 5.11 Å². The van der Waals surface area contributed by atoms with Crippen LogP contribution >= 0.6 is 0 Å². The minimum absolute atomic E-state index is 0.334. The molecule has 1 aromatic rings. The number of nitrogens with zero attached hydrogens (tertiary/aromatic N) is 3. The Morgan fingerprint density at radius 2 is 2.27 bits per heavy atom. The van der Waals surface area contributed by atoms with Crippen LogP contribution in [0.3, 0.4) is 0 Å². The quantitative estimate of drug-likeness (QED) is 0.815. The van der Waals surface area contributed by atoms with Crippen LogP contribution in [0, 0.1) is 0 Å². The van der Waals surface area contributed by atoms with E-state index in [1.165, 1.54) is 12.4 Å². The topological polar surface area (TPSA) is 41.3 Å². The van der Waals surface area contributed by atoms with Crippen LogP contribution in [0.4, 0.5) is 8.78 Å². The second-order valence-corrected chi connectivity index (χ2v) is 4.17. The number of alkyl halides is 2. The second kappa shape index (κ2) is 3.53. The molecule has 0 unspecified atom stereocenters. The predicted molar refractivity (Wildman–Crippen MR) is 49.4 cm³/mol. The zero-order valence-corrected chi connectivity index (χ0v) is 8.40. The Labute approximate surface area is 86.1 Å². The molecule has 84 valence electrons. The van der Waals surface area contributed by atoms with E-state index in [0.717, 1.165) is 4.57 Å². The summed E-state index contributed by atoms with van der Waals surface area (Å²) < 4.78 is 25.7. The molecule has 2 heterocycles. The van der Waals surface area contributed by atoms with Crippen LogP contribution in [0.2, 0.25) is 0 Å². The molecule has 1 N–H and O–H groups in total. The van der Waals surface area contributed by atoms with Crippen LogP contribution < -0.4 is 0 Å². The fourth-order valence-electron chi connectivity index (χ4n) is 1.87. The molecular weight excluding hydrogens is 204 g/mol. The van der Waals surface area contributed by atoms with Gasteiger partial charge in [0.25, 0.3) is 0 Å². The molecule has 0 saturated carbocycles. The third-order valence-corrected chi connectivity index (χ3v) is 2.45. The summed E-state index contributed by atoms with van der Waals surface area (Å²) in [4.78, 5) is 5.74. The SMILES string of the molecule is CC1(O)CN(Cc2nccn2C(F)F)C1. The summed E-state index contributed by atoms with van der Waals surface area (Å²) in [5, 5.41) is 9.47. The molecule has 0 spiro atoms. The van der Waals surface area contributed by atoms with E-state index in [1.54, 1.807) is 6.92 Å². The average molecular weight is 217 g/mol. The lowest BCUT2D eigenvalue weighted by Crippen LogP contribution is -2.59. The molecule has 0 aliphatic carbocycles. The van der Waals surface area contributed by atoms with Crippen molar-refractivity contribution in [2.75, 3.05) is 13.1 Å². The van der Waals surface area contributed by atoms with Gasteiger partial charge in [0, 0.05) is 25.5 Å². The normalized spacial score (nSPS) is 20.6. The molecule has 6 heteroatoms. The van der Waals surface area contributed by atoms with Gasteiger partial charge in [-0.05, 0) is 6.92 Å². The van der Waals surface area contributed by atoms with Gasteiger partial charge >= 0.3 is 6.55 Å². The highest BCUT2D eigenvalue weighted by molar-refractivity contribution is 4.98. The van der Waals surface area contributed by atoms with Crippen molar-refractivity contribution in [2.24, 2.45) is 0 Å². The Morgan fingerprint density at radius 3 is 2.80 bits per heavy atom. The van der Waals surface area contributed by atoms with E-state index < -0.39 is 12.2 Å². The number of aromatic nitrogens is 2. The molecule has 0 atom stereocenters. The molecule has 1 aromatic heterocycles. The lowest BCUT2D eigenvalue weighted by atomic mass is 9.97. The van der Waals surface area contributed by atoms with Gasteiger partial charge in [0.2, 0.25) is 0 Å². The molecule has 2 rings (SSSR count). The van der Waals surface area contributed by atoms with Crippen molar-refractivity contribution in [1.82, 2.24) is 14.5 Å². The monoisotopic (exact) mass is 217 g/mol. The number of halogens is 2. The van der Waals surface area contributed by atoms with Gasteiger partial charge in [0.1, 0.15) is 5.82 Å². The fourth-order valence-corrected chi connectivity index (χ4v) is 1.87. The number of rotatable bonds is 3. The molecule has 1 saturated heterocycles. The first kappa shape index (κ1) is 10.5. The third-order valence-electron chi connectivity index (χ3n) is 2.45. The standard InChI is InChI=1S/C9H13F2N3O/c1-9(15)5-13(6-9)4-7-12-2-3-14(7)8(10)11/h2-3,8,15H,4-6H2,1H3. The van der Waals surface area contributed by atoms with Crippen molar-refractivity contribution in [1.29, 1.82) is 0 Å². The molecule has 0 bridgehead atoms. The number of hydrogen-bond acceptors (Lipinski definition) is 3. The Hall–Kier alpha value is -1.01. The van der Waals surface area contributed by atoms with Gasteiger partial charge in [-0.15, -0.1) is 0 Å². The summed E-state index contributed by atoms with van der Waals surface area (Å²) in [6.07, 6.45) is 2.62. The van der Waals surface area contributed by atoms with Crippen molar-refractivity contribution in [2.45, 2.75) is 25.6 Å². The van der Waals surface area contributed by atoms with E-state index in [4.69, 9.17) is 0 Å². The van der Waals surface area contributed by atoms with Gasteiger partial charge in [0.05, 0.1) is 12.1 Å². The summed E-state index contributed by atoms with van der Waals surface area (Å²) in [5.74, 6) is 0.334. The summed E-state index contributed by atoms with van der Waals surface area (Å²) in [6, 6.07) is 0. The van der Waals surface area contributed by atoms with Crippen molar-refractivity contribution >= 4 is 0 Å². The Morgan fingerprint density at radius 1 is 1.60 bits per heavy atom. The summed E-state index contributed by atoms with van der Waals surface area (Å²) in [5.41, 5.74) is -0.678. The number of β-amino-alcohol motifs (C(OH)–C–C–N with tert-alkyl or cyclic N) is 1. The van der Waals surface area contributed by atoms with Crippen molar-refractivity contribution in [3.05, 3.63) is 18.2 Å². The van der Waals surface area contributed by atoms with Crippen LogP contribution in [-0.4, -0.2) is 38.2 Å². The minimum Gasteiger partial charge on any atom is -0.388 e. The first-order valence-electron chi connectivity index (χ1n) is 4.72. The van der Waals surface area contributed by atoms with Crippen LogP contribution in [0.1, 0.15) is 19.3 Å². The molecule has 15 heavy (non-hydrogen) atoms. The maximum atomic E-state index is 12.4. The molecule has 1 aliphatic heterocycles. The van der Waals surface area contributed by atoms with Gasteiger partial charge in [-0.25, -0.2) is 4.98 Å². The lowest BCUT2D eigenvalue weighted by Gasteiger charge is -2.43. The number of aliphatic hydroxyl groups is 1. The molecule has 0 amide bonds. The van der Waals surface area contributed by atoms with Crippen molar-refractivity contribution < 1.29 is 13.9 Å². The van der Waals surface area contributed by atoms with Crippen molar-refractivity contribution in [3.63, 3.8) is 0 Å². The molecule has 4 nitrogen and oxygen atoms in total. The van der Waals surface area contributed by atoms with Crippen molar-refractivity contribution in [3.8, 4) is 0 Å². The van der Waals surface area contributed by atoms with Crippen LogP contribution in [0.25, 0.3) is 0 Å². The highest BCUT2D eigenvalue weighted by Gasteiger charge is 2.36. The number of imidazole rings is 1. The van der Waals surface area contributed by atoms with E-state index in [0.29, 0.717) is 25.5 Å². The first-order chi connectivity index (χ1) is 6.98. The van der Waals surface area contributed by atoms with Crippen LogP contribution in [0.5, 0.6) is 0 Å². The zero-order chi connectivity index (χ0) is 11.1. The summed E-state index contributed by atoms with van der Waals surface area (Å²) >= 11 is 0. The maximum Gasteiger partial charge on any atom is 0.319 e. The highest BCUT2D eigenvalue weighted by Crippen LogP contribution is 2.22. The van der Waals surface area contributed by atoms with E-state index in [9.17, 15) is 13.9 Å². The van der Waals surface area contributed by atoms with Crippen LogP contribution in [0.15, 0.2) is 12.4 Å². The molecular formula is C9H13F2N3O. The Balaban J connectivity index is 1.97. The maximum absolute atomic E-state index is 12.4. The molecule has 1 fully saturated rings. The largest absolute Gasteiger partial charge is 0.388 e.